The predicted molar refractivity (Wildman–Crippen MR) is 244 cm³/mol. The molecule has 1 aromatic heterocycles. The smallest absolute Gasteiger partial charge is 0.380 e. The van der Waals surface area contributed by atoms with Crippen molar-refractivity contribution >= 4 is 48.9 Å². The van der Waals surface area contributed by atoms with E-state index in [1.807, 2.05) is 92.6 Å². The summed E-state index contributed by atoms with van der Waals surface area (Å²) >= 11 is 7.62. The van der Waals surface area contributed by atoms with Crippen LogP contribution >= 0.6 is 23.4 Å². The van der Waals surface area contributed by atoms with Crippen LogP contribution in [0.5, 0.6) is 0 Å². The third kappa shape index (κ3) is 10.9. The average molecular weight is 943 g/mol. The standard InChI is InChI=1S/C45H51ClF3N7O4S3/c1-30-25-38-40(27-56(30)35-20-23-55(24-21-35)26-32-9-7-8-12-37(32)31-13-15-33(46)16-14-31)51-29-52-43(38)42-41(63(50,59)60)18-17-39(44(42)62(57,58)45(47,48)49)53-34(19-22-54(2)3)28-61-36-10-5-4-6-11-36/h4-18,29-30,34-35,53H,19-28H2,1-3H3,(H2,50,59,60)/t30-,34+/m0/s1. The zero-order chi connectivity index (χ0) is 45.1. The van der Waals surface area contributed by atoms with E-state index >= 15 is 0 Å². The molecule has 0 unspecified atom stereocenters. The largest absolute Gasteiger partial charge is 0.502 e. The number of primary sulfonamides is 1. The molecule has 4 aromatic carbocycles. The van der Waals surface area contributed by atoms with Crippen LogP contribution in [0, 0.1) is 0 Å². The number of anilines is 1. The molecule has 0 aliphatic carbocycles. The lowest BCUT2D eigenvalue weighted by atomic mass is 9.90. The van der Waals surface area contributed by atoms with E-state index in [0.717, 1.165) is 67.0 Å². The minimum absolute atomic E-state index is 0.163. The van der Waals surface area contributed by atoms with Gasteiger partial charge in [-0.15, -0.1) is 11.8 Å². The lowest BCUT2D eigenvalue weighted by molar-refractivity contribution is -0.0435. The van der Waals surface area contributed by atoms with Crippen molar-refractivity contribution in [3.8, 4) is 22.4 Å². The average Bonchev–Trinajstić information content (AvgIpc) is 3.24. The number of thioether (sulfide) groups is 1. The second-order valence-corrected chi connectivity index (χ2v) is 21.3. The van der Waals surface area contributed by atoms with E-state index < -0.39 is 52.5 Å². The predicted octanol–water partition coefficient (Wildman–Crippen LogP) is 8.34. The molecule has 0 bridgehead atoms. The third-order valence-electron chi connectivity index (χ3n) is 11.7. The van der Waals surface area contributed by atoms with E-state index in [9.17, 15) is 30.0 Å². The first-order valence-electron chi connectivity index (χ1n) is 20.7. The quantitative estimate of drug-likeness (QED) is 0.0979. The van der Waals surface area contributed by atoms with Crippen LogP contribution in [-0.4, -0.2) is 105 Å². The van der Waals surface area contributed by atoms with Crippen LogP contribution in [0.25, 0.3) is 22.4 Å². The molecule has 2 atom stereocenters. The number of alkyl halides is 3. The Morgan fingerprint density at radius 3 is 2.29 bits per heavy atom. The summed E-state index contributed by atoms with van der Waals surface area (Å²) in [5.74, 6) is 0.363. The Balaban J connectivity index is 1.20. The Morgan fingerprint density at radius 1 is 0.937 bits per heavy atom. The van der Waals surface area contributed by atoms with Gasteiger partial charge >= 0.3 is 5.51 Å². The molecule has 1 saturated heterocycles. The molecule has 2 aliphatic rings. The second kappa shape index (κ2) is 19.6. The number of hydrogen-bond acceptors (Lipinski definition) is 11. The van der Waals surface area contributed by atoms with E-state index in [2.05, 4.69) is 37.2 Å². The SMILES string of the molecule is C[C@H]1Cc2c(ncnc2-c2c(S(N)(=O)=O)ccc(N[C@H](CCN(C)C)CSc3ccccc3)c2S(=O)(=O)C(F)(F)F)CN1C1CCN(Cc2ccccc2-c2ccc(Cl)cc2)CC1. The Morgan fingerprint density at radius 2 is 1.62 bits per heavy atom. The summed E-state index contributed by atoms with van der Waals surface area (Å²) in [6.07, 6.45) is 3.52. The highest BCUT2D eigenvalue weighted by molar-refractivity contribution is 7.99. The highest BCUT2D eigenvalue weighted by atomic mass is 35.5. The minimum atomic E-state index is -6.21. The Bertz CT molecular complexity index is 2620. The number of sulfone groups is 1. The zero-order valence-corrected chi connectivity index (χ0v) is 38.4. The fourth-order valence-corrected chi connectivity index (χ4v) is 11.6. The van der Waals surface area contributed by atoms with Crippen molar-refractivity contribution in [3.05, 3.63) is 119 Å². The highest BCUT2D eigenvalue weighted by Gasteiger charge is 2.51. The molecule has 63 heavy (non-hydrogen) atoms. The number of aromatic nitrogens is 2. The number of rotatable bonds is 15. The summed E-state index contributed by atoms with van der Waals surface area (Å²) in [6.45, 7) is 5.28. The Hall–Kier alpha value is -4.07. The fraction of sp³-hybridized carbons (Fsp3) is 0.378. The van der Waals surface area contributed by atoms with Gasteiger partial charge in [-0.3, -0.25) is 9.80 Å². The van der Waals surface area contributed by atoms with Gasteiger partial charge in [0.1, 0.15) is 11.2 Å². The van der Waals surface area contributed by atoms with E-state index in [1.54, 1.807) is 0 Å². The first-order valence-corrected chi connectivity index (χ1v) is 25.1. The summed E-state index contributed by atoms with van der Waals surface area (Å²) in [5.41, 5.74) is -2.80. The van der Waals surface area contributed by atoms with E-state index in [-0.39, 0.29) is 24.2 Å². The number of nitrogens with one attached hydrogen (secondary N) is 1. The number of nitrogens with zero attached hydrogens (tertiary/aromatic N) is 5. The molecular formula is C45H51ClF3N7O4S3. The van der Waals surface area contributed by atoms with E-state index in [0.29, 0.717) is 41.5 Å². The van der Waals surface area contributed by atoms with Gasteiger partial charge in [-0.2, -0.15) is 13.2 Å². The van der Waals surface area contributed by atoms with Gasteiger partial charge in [0.25, 0.3) is 9.84 Å². The maximum atomic E-state index is 14.8. The van der Waals surface area contributed by atoms with Crippen molar-refractivity contribution in [2.45, 2.75) is 84.0 Å². The molecule has 2 aliphatic heterocycles. The number of sulfonamides is 1. The molecule has 3 N–H and O–H groups in total. The molecule has 11 nitrogen and oxygen atoms in total. The molecular weight excluding hydrogens is 891 g/mol. The molecule has 0 radical (unpaired) electrons. The normalized spacial score (nSPS) is 17.4. The third-order valence-corrected chi connectivity index (χ3v) is 15.7. The van der Waals surface area contributed by atoms with Gasteiger partial charge in [-0.1, -0.05) is 66.2 Å². The molecule has 7 rings (SSSR count). The summed E-state index contributed by atoms with van der Waals surface area (Å²) in [6, 6.07) is 27.1. The molecule has 0 amide bonds. The zero-order valence-electron chi connectivity index (χ0n) is 35.2. The number of benzene rings is 4. The molecule has 3 heterocycles. The first-order chi connectivity index (χ1) is 29.9. The lowest BCUT2D eigenvalue weighted by Crippen LogP contribution is -2.50. The molecule has 0 spiro atoms. The molecule has 1 fully saturated rings. The summed E-state index contributed by atoms with van der Waals surface area (Å²) in [7, 11) is -7.29. The molecule has 5 aromatic rings. The first kappa shape index (κ1) is 46.9. The van der Waals surface area contributed by atoms with E-state index in [1.165, 1.54) is 17.3 Å². The van der Waals surface area contributed by atoms with Crippen molar-refractivity contribution < 1.29 is 30.0 Å². The highest BCUT2D eigenvalue weighted by Crippen LogP contribution is 2.46. The van der Waals surface area contributed by atoms with Crippen LogP contribution in [0.1, 0.15) is 43.0 Å². The van der Waals surface area contributed by atoms with Crippen LogP contribution in [-0.2, 0) is 39.4 Å². The van der Waals surface area contributed by atoms with Gasteiger partial charge in [0.05, 0.1) is 22.0 Å². The van der Waals surface area contributed by atoms with Crippen molar-refractivity contribution in [2.75, 3.05) is 44.8 Å². The van der Waals surface area contributed by atoms with Crippen molar-refractivity contribution in [3.63, 3.8) is 0 Å². The van der Waals surface area contributed by atoms with Crippen LogP contribution < -0.4 is 10.5 Å². The van der Waals surface area contributed by atoms with Gasteiger partial charge in [-0.05, 0) is 119 Å². The van der Waals surface area contributed by atoms with Crippen molar-refractivity contribution in [1.82, 2.24) is 24.7 Å². The van der Waals surface area contributed by atoms with Gasteiger partial charge in [0, 0.05) is 58.0 Å². The van der Waals surface area contributed by atoms with Gasteiger partial charge in [-0.25, -0.2) is 31.9 Å². The maximum Gasteiger partial charge on any atom is 0.502 e. The monoisotopic (exact) mass is 941 g/mol. The fourth-order valence-electron chi connectivity index (χ4n) is 8.54. The van der Waals surface area contributed by atoms with Crippen molar-refractivity contribution in [1.29, 1.82) is 0 Å². The van der Waals surface area contributed by atoms with Gasteiger partial charge in [0.2, 0.25) is 10.0 Å². The number of halogens is 4. The number of likely N-dealkylation sites (tertiary alicyclic amines) is 1. The number of hydrogen-bond donors (Lipinski definition) is 2. The number of nitrogens with two attached hydrogens (primary N) is 1. The van der Waals surface area contributed by atoms with Crippen LogP contribution in [0.3, 0.4) is 0 Å². The summed E-state index contributed by atoms with van der Waals surface area (Å²) < 4.78 is 98.8. The molecule has 336 valence electrons. The lowest BCUT2D eigenvalue weighted by Gasteiger charge is -2.44. The second-order valence-electron chi connectivity index (χ2n) is 16.4. The number of piperidine rings is 1. The van der Waals surface area contributed by atoms with E-state index in [4.69, 9.17) is 16.7 Å². The molecule has 18 heteroatoms. The van der Waals surface area contributed by atoms with Crippen LogP contribution in [0.4, 0.5) is 18.9 Å². The van der Waals surface area contributed by atoms with Crippen molar-refractivity contribution in [2.24, 2.45) is 5.14 Å². The van der Waals surface area contributed by atoms with Gasteiger partial charge < -0.3 is 10.2 Å². The molecule has 0 saturated carbocycles. The topological polar surface area (TPSA) is 142 Å². The summed E-state index contributed by atoms with van der Waals surface area (Å²) in [5, 5.41) is 9.46. The Kier molecular flexibility index (Phi) is 14.6. The van der Waals surface area contributed by atoms with Gasteiger partial charge in [0.15, 0.2) is 0 Å². The Labute approximate surface area is 377 Å². The maximum absolute atomic E-state index is 14.8. The number of fused-ring (bicyclic) bond motifs is 1. The minimum Gasteiger partial charge on any atom is -0.380 e. The summed E-state index contributed by atoms with van der Waals surface area (Å²) in [4.78, 5) is 14.5. The van der Waals surface area contributed by atoms with Crippen LogP contribution in [0.2, 0.25) is 5.02 Å². The van der Waals surface area contributed by atoms with Crippen LogP contribution in [0.15, 0.2) is 112 Å².